The minimum Gasteiger partial charge on any atom is -0.451 e. The fourth-order valence-corrected chi connectivity index (χ4v) is 6.25. The van der Waals surface area contributed by atoms with E-state index in [-0.39, 0.29) is 11.4 Å². The van der Waals surface area contributed by atoms with Gasteiger partial charge in [0.1, 0.15) is 0 Å². The van der Waals surface area contributed by atoms with Gasteiger partial charge >= 0.3 is 0 Å². The maximum absolute atomic E-state index is 14.6. The van der Waals surface area contributed by atoms with Crippen molar-refractivity contribution in [3.63, 3.8) is 0 Å². The number of rotatable bonds is 0. The van der Waals surface area contributed by atoms with Crippen molar-refractivity contribution < 1.29 is 9.13 Å². The Bertz CT molecular complexity index is 1000. The van der Waals surface area contributed by atoms with Gasteiger partial charge in [0.15, 0.2) is 17.3 Å². The molecule has 2 aromatic rings. The molecule has 0 amide bonds. The Labute approximate surface area is 167 Å². The normalized spacial score (nSPS) is 19.5. The lowest BCUT2D eigenvalue weighted by molar-refractivity contribution is 0.464. The van der Waals surface area contributed by atoms with E-state index in [1.807, 2.05) is 29.6 Å². The van der Waals surface area contributed by atoms with Crippen molar-refractivity contribution in [2.24, 2.45) is 0 Å². The van der Waals surface area contributed by atoms with E-state index in [0.717, 1.165) is 49.4 Å². The zero-order chi connectivity index (χ0) is 18.6. The summed E-state index contributed by atoms with van der Waals surface area (Å²) in [6.07, 6.45) is 5.55. The van der Waals surface area contributed by atoms with Gasteiger partial charge in [-0.1, -0.05) is 30.4 Å². The highest BCUT2D eigenvalue weighted by Gasteiger charge is 2.32. The Balaban J connectivity index is 1.80. The molecule has 0 aliphatic carbocycles. The molecule has 0 radical (unpaired) electrons. The first-order valence-electron chi connectivity index (χ1n) is 9.15. The first-order chi connectivity index (χ1) is 13.0. The Morgan fingerprint density at radius 3 is 2.70 bits per heavy atom. The monoisotopic (exact) mass is 397 g/mol. The summed E-state index contributed by atoms with van der Waals surface area (Å²) in [7, 11) is 0. The van der Waals surface area contributed by atoms with Crippen molar-refractivity contribution in [1.29, 1.82) is 0 Å². The maximum atomic E-state index is 14.6. The molecule has 1 saturated heterocycles. The summed E-state index contributed by atoms with van der Waals surface area (Å²) in [6, 6.07) is 9.35. The average molecular weight is 398 g/mol. The van der Waals surface area contributed by atoms with Crippen molar-refractivity contribution in [2.45, 2.75) is 25.8 Å². The van der Waals surface area contributed by atoms with Crippen molar-refractivity contribution in [2.75, 3.05) is 16.8 Å². The van der Waals surface area contributed by atoms with Gasteiger partial charge in [0.2, 0.25) is 0 Å². The lowest BCUT2D eigenvalue weighted by atomic mass is 9.87. The average Bonchev–Trinajstić information content (AvgIpc) is 2.67. The van der Waals surface area contributed by atoms with Crippen LogP contribution in [-0.4, -0.2) is 17.0 Å². The molecule has 5 rings (SSSR count). The number of benzene rings is 2. The Morgan fingerprint density at radius 2 is 1.89 bits per heavy atom. The van der Waals surface area contributed by atoms with E-state index in [1.54, 1.807) is 6.07 Å². The van der Waals surface area contributed by atoms with E-state index in [9.17, 15) is 4.39 Å². The highest BCUT2D eigenvalue weighted by atomic mass is 32.2. The number of fused-ring (bicyclic) bond motifs is 5. The van der Waals surface area contributed by atoms with Crippen molar-refractivity contribution in [1.82, 2.24) is 0 Å². The molecule has 1 fully saturated rings. The molecule has 3 heterocycles. The fraction of sp³-hybridized carbons (Fsp3) is 0.273. The predicted octanol–water partition coefficient (Wildman–Crippen LogP) is 6.60. The van der Waals surface area contributed by atoms with Gasteiger partial charge < -0.3 is 10.1 Å². The number of thioether (sulfide) groups is 2. The molecule has 5 heteroatoms. The topological polar surface area (TPSA) is 21.3 Å². The van der Waals surface area contributed by atoms with Crippen LogP contribution in [0, 0.1) is 5.82 Å². The lowest BCUT2D eigenvalue weighted by Gasteiger charge is -2.33. The lowest BCUT2D eigenvalue weighted by Crippen LogP contribution is -2.31. The SMILES string of the molecule is CC1(C)C=Cc2c(ccc3c2C(=C2SCCCS2)Oc2c(F)cccc2-3)N1. The van der Waals surface area contributed by atoms with Gasteiger partial charge in [0, 0.05) is 22.4 Å². The van der Waals surface area contributed by atoms with Gasteiger partial charge in [-0.15, -0.1) is 23.5 Å². The summed E-state index contributed by atoms with van der Waals surface area (Å²) in [4.78, 5) is 0. The van der Waals surface area contributed by atoms with Crippen LogP contribution in [0.5, 0.6) is 5.75 Å². The van der Waals surface area contributed by atoms with Crippen LogP contribution >= 0.6 is 23.5 Å². The molecule has 2 aromatic carbocycles. The molecule has 0 bridgehead atoms. The molecule has 0 aromatic heterocycles. The van der Waals surface area contributed by atoms with Crippen LogP contribution in [0.15, 0.2) is 40.6 Å². The quantitative estimate of drug-likeness (QED) is 0.540. The van der Waals surface area contributed by atoms with E-state index in [0.29, 0.717) is 5.75 Å². The van der Waals surface area contributed by atoms with Gasteiger partial charge in [-0.05, 0) is 49.5 Å². The largest absolute Gasteiger partial charge is 0.451 e. The zero-order valence-electron chi connectivity index (χ0n) is 15.3. The summed E-state index contributed by atoms with van der Waals surface area (Å²) in [5, 5.41) is 3.59. The summed E-state index contributed by atoms with van der Waals surface area (Å²) in [5.74, 6) is 2.98. The standard InChI is InChI=1S/C22H20FNOS2/c1-22(2)10-9-15-17(24-22)8-7-13-14-5-3-6-16(23)19(14)25-20(18(13)15)21-26-11-4-12-27-21/h3,5-10,24H,4,11-12H2,1-2H3. The first kappa shape index (κ1) is 17.3. The number of nitrogens with one attached hydrogen (secondary N) is 1. The third kappa shape index (κ3) is 2.88. The number of anilines is 1. The first-order valence-corrected chi connectivity index (χ1v) is 11.1. The van der Waals surface area contributed by atoms with E-state index in [4.69, 9.17) is 4.74 Å². The van der Waals surface area contributed by atoms with E-state index in [2.05, 4.69) is 43.4 Å². The molecule has 0 saturated carbocycles. The Hall–Kier alpha value is -1.85. The van der Waals surface area contributed by atoms with Crippen LogP contribution in [0.2, 0.25) is 0 Å². The second kappa shape index (κ2) is 6.35. The fourth-order valence-electron chi connectivity index (χ4n) is 3.73. The van der Waals surface area contributed by atoms with Gasteiger partial charge in [-0.2, -0.15) is 0 Å². The highest BCUT2D eigenvalue weighted by Crippen LogP contribution is 2.52. The number of hydrogen-bond donors (Lipinski definition) is 1. The second-order valence-electron chi connectivity index (χ2n) is 7.52. The molecule has 0 spiro atoms. The Morgan fingerprint density at radius 1 is 1.07 bits per heavy atom. The number of para-hydroxylation sites is 1. The molecule has 0 atom stereocenters. The third-order valence-electron chi connectivity index (χ3n) is 5.00. The molecular formula is C22H20FNOS2. The minimum atomic E-state index is -0.311. The van der Waals surface area contributed by atoms with Crippen molar-refractivity contribution in [3.8, 4) is 16.9 Å². The van der Waals surface area contributed by atoms with Gasteiger partial charge in [0.05, 0.1) is 9.78 Å². The molecule has 3 aliphatic rings. The van der Waals surface area contributed by atoms with Crippen LogP contribution in [0.25, 0.3) is 23.0 Å². The van der Waals surface area contributed by atoms with E-state index in [1.165, 1.54) is 12.5 Å². The number of halogens is 1. The molecule has 1 N–H and O–H groups in total. The summed E-state index contributed by atoms with van der Waals surface area (Å²) in [6.45, 7) is 4.30. The molecule has 3 aliphatic heterocycles. The Kier molecular flexibility index (Phi) is 4.06. The predicted molar refractivity (Wildman–Crippen MR) is 116 cm³/mol. The van der Waals surface area contributed by atoms with Crippen molar-refractivity contribution >= 4 is 41.0 Å². The summed E-state index contributed by atoms with van der Waals surface area (Å²) >= 11 is 3.63. The van der Waals surface area contributed by atoms with Gasteiger partial charge in [-0.3, -0.25) is 0 Å². The molecule has 0 unspecified atom stereocenters. The molecule has 27 heavy (non-hydrogen) atoms. The molecular weight excluding hydrogens is 377 g/mol. The highest BCUT2D eigenvalue weighted by molar-refractivity contribution is 8.23. The summed E-state index contributed by atoms with van der Waals surface area (Å²) in [5.41, 5.74) is 5.05. The maximum Gasteiger partial charge on any atom is 0.171 e. The molecule has 2 nitrogen and oxygen atoms in total. The van der Waals surface area contributed by atoms with Gasteiger partial charge in [-0.25, -0.2) is 4.39 Å². The van der Waals surface area contributed by atoms with Crippen molar-refractivity contribution in [3.05, 3.63) is 57.6 Å². The smallest absolute Gasteiger partial charge is 0.171 e. The number of ether oxygens (including phenoxy) is 1. The zero-order valence-corrected chi connectivity index (χ0v) is 16.9. The molecule has 138 valence electrons. The minimum absolute atomic E-state index is 0.0948. The van der Waals surface area contributed by atoms with Crippen LogP contribution in [-0.2, 0) is 0 Å². The summed E-state index contributed by atoms with van der Waals surface area (Å²) < 4.78 is 22.0. The van der Waals surface area contributed by atoms with E-state index < -0.39 is 0 Å². The van der Waals surface area contributed by atoms with Crippen LogP contribution in [0.3, 0.4) is 0 Å². The van der Waals surface area contributed by atoms with Crippen LogP contribution in [0.4, 0.5) is 10.1 Å². The third-order valence-corrected chi connectivity index (χ3v) is 7.59. The van der Waals surface area contributed by atoms with Gasteiger partial charge in [0.25, 0.3) is 0 Å². The van der Waals surface area contributed by atoms with Crippen LogP contribution in [0.1, 0.15) is 31.4 Å². The van der Waals surface area contributed by atoms with Crippen LogP contribution < -0.4 is 10.1 Å². The second-order valence-corrected chi connectivity index (χ2v) is 9.98. The van der Waals surface area contributed by atoms with E-state index >= 15 is 0 Å². The number of hydrogen-bond acceptors (Lipinski definition) is 4.